The summed E-state index contributed by atoms with van der Waals surface area (Å²) >= 11 is 16.9. The van der Waals surface area contributed by atoms with Crippen LogP contribution in [0.25, 0.3) is 0 Å². The summed E-state index contributed by atoms with van der Waals surface area (Å²) in [5, 5.41) is 6.71. The average molecular weight is 634 g/mol. The Morgan fingerprint density at radius 2 is 1.74 bits per heavy atom. The lowest BCUT2D eigenvalue weighted by Gasteiger charge is -2.46. The molecular weight excluding hydrogens is 591 g/mol. The van der Waals surface area contributed by atoms with Crippen molar-refractivity contribution in [3.63, 3.8) is 0 Å². The Morgan fingerprint density at radius 1 is 1.13 bits per heavy atom. The smallest absolute Gasteiger partial charge is 0.325 e. The third-order valence-electron chi connectivity index (χ3n) is 6.32. The zero-order valence-electron chi connectivity index (χ0n) is 23.9. The first kappa shape index (κ1) is 35.8. The maximum Gasteiger partial charge on any atom is 0.325 e. The van der Waals surface area contributed by atoms with Crippen LogP contribution in [0.1, 0.15) is 60.8 Å². The molecule has 0 saturated carbocycles. The van der Waals surface area contributed by atoms with E-state index >= 15 is 0 Å². The van der Waals surface area contributed by atoms with Gasteiger partial charge in [-0.1, -0.05) is 67.7 Å². The second-order valence-corrected chi connectivity index (χ2v) is 17.1. The lowest BCUT2D eigenvalue weighted by molar-refractivity contribution is -0.153. The Bertz CT molecular complexity index is 907. The summed E-state index contributed by atoms with van der Waals surface area (Å²) in [4.78, 5) is 51.4. The van der Waals surface area contributed by atoms with Crippen molar-refractivity contribution in [1.29, 1.82) is 0 Å². The quantitative estimate of drug-likeness (QED) is 0.181. The highest BCUT2D eigenvalue weighted by Gasteiger charge is 2.38. The number of nitrogens with one attached hydrogen (secondary N) is 3. The highest BCUT2D eigenvalue weighted by Crippen LogP contribution is 2.54. The highest BCUT2D eigenvalue weighted by atomic mass is 35.6. The van der Waals surface area contributed by atoms with E-state index in [1.54, 1.807) is 26.0 Å². The Morgan fingerprint density at radius 3 is 2.28 bits per heavy atom. The molecule has 3 amide bonds. The largest absolute Gasteiger partial charge is 0.460 e. The van der Waals surface area contributed by atoms with Gasteiger partial charge in [-0.2, -0.15) is 0 Å². The number of alkyl halides is 3. The van der Waals surface area contributed by atoms with Gasteiger partial charge in [0, 0.05) is 17.7 Å². The number of ether oxygens (including phenoxy) is 1. The van der Waals surface area contributed by atoms with Gasteiger partial charge in [0.05, 0.1) is 6.10 Å². The molecule has 4 unspecified atom stereocenters. The van der Waals surface area contributed by atoms with Gasteiger partial charge < -0.3 is 19.6 Å². The zero-order chi connectivity index (χ0) is 30.2. The van der Waals surface area contributed by atoms with Crippen molar-refractivity contribution >= 4 is 68.8 Å². The third kappa shape index (κ3) is 12.0. The van der Waals surface area contributed by atoms with Gasteiger partial charge in [0.1, 0.15) is 24.7 Å². The molecule has 3 N–H and O–H groups in total. The van der Waals surface area contributed by atoms with E-state index in [4.69, 9.17) is 43.7 Å². The fourth-order valence-electron chi connectivity index (χ4n) is 3.40. The number of carbonyl (C=O) groups excluding carboxylic acids is 4. The first-order chi connectivity index (χ1) is 17.8. The van der Waals surface area contributed by atoms with Crippen LogP contribution in [0.3, 0.4) is 0 Å². The van der Waals surface area contributed by atoms with Gasteiger partial charge in [-0.05, 0) is 46.1 Å². The molecular formula is C25H43Cl3N4O6S. The first-order valence-electron chi connectivity index (χ1n) is 12.7. The molecule has 1 fully saturated rings. The molecule has 0 bridgehead atoms. The number of amides is 3. The molecule has 39 heavy (non-hydrogen) atoms. The second-order valence-electron chi connectivity index (χ2n) is 10.7. The minimum Gasteiger partial charge on any atom is -0.460 e. The molecule has 1 aliphatic heterocycles. The van der Waals surface area contributed by atoms with Gasteiger partial charge in [-0.3, -0.25) is 24.2 Å². The number of carbonyl (C=O) groups is 4. The van der Waals surface area contributed by atoms with Crippen LogP contribution in [-0.2, 0) is 28.1 Å². The standard InChI is InChI=1S/C25H43Cl3N4O6S/c1-9-10-13-19(33)30-20(17(3)38-39(7,8)24(4,5)6)21(34)29-16(2)22(35)32-14-11-12-18(31-32)23(36)37-15-25(26,27)28/h9-10,16-18,20,31H,11-15H2,1-8H3,(H,29,34)(H,30,33)/b10-9+. The maximum atomic E-state index is 13.4. The lowest BCUT2D eigenvalue weighted by Crippen LogP contribution is -2.61. The van der Waals surface area contributed by atoms with E-state index < -0.39 is 62.7 Å². The topological polar surface area (TPSA) is 126 Å². The van der Waals surface area contributed by atoms with Gasteiger partial charge in [0.15, 0.2) is 0 Å². The molecule has 0 aromatic rings. The van der Waals surface area contributed by atoms with E-state index in [-0.39, 0.29) is 17.1 Å². The molecule has 0 radical (unpaired) electrons. The van der Waals surface area contributed by atoms with Gasteiger partial charge in [-0.15, -0.1) is 10.3 Å². The minimum atomic E-state index is -1.75. The molecule has 0 aliphatic carbocycles. The van der Waals surface area contributed by atoms with Crippen LogP contribution in [-0.4, -0.2) is 87.1 Å². The molecule has 4 atom stereocenters. The Balaban J connectivity index is 2.94. The van der Waals surface area contributed by atoms with Crippen LogP contribution >= 0.6 is 45.1 Å². The predicted molar refractivity (Wildman–Crippen MR) is 158 cm³/mol. The van der Waals surface area contributed by atoms with Gasteiger partial charge in [-0.25, -0.2) is 5.43 Å². The number of hydrazine groups is 1. The fraction of sp³-hybridized carbons (Fsp3) is 0.760. The lowest BCUT2D eigenvalue weighted by atomic mass is 10.1. The molecule has 1 aliphatic rings. The zero-order valence-corrected chi connectivity index (χ0v) is 27.0. The van der Waals surface area contributed by atoms with Crippen molar-refractivity contribution in [3.8, 4) is 0 Å². The molecule has 1 rings (SSSR count). The highest BCUT2D eigenvalue weighted by molar-refractivity contribution is 8.29. The molecule has 1 heterocycles. The van der Waals surface area contributed by atoms with Crippen molar-refractivity contribution in [2.75, 3.05) is 25.7 Å². The van der Waals surface area contributed by atoms with E-state index in [0.29, 0.717) is 19.4 Å². The monoisotopic (exact) mass is 632 g/mol. The number of hydrogen-bond acceptors (Lipinski definition) is 7. The fourth-order valence-corrected chi connectivity index (χ4v) is 4.72. The number of halogens is 3. The number of rotatable bonds is 11. The SMILES string of the molecule is C/C=C/CC(=O)NC(C(=O)NC(C)C(=O)N1CCCC(C(=O)OCC(Cl)(Cl)Cl)N1)C(C)OS(C)(C)C(C)(C)C. The van der Waals surface area contributed by atoms with Gasteiger partial charge in [0.25, 0.3) is 5.91 Å². The summed E-state index contributed by atoms with van der Waals surface area (Å²) in [6, 6.07) is -2.82. The number of nitrogens with zero attached hydrogens (tertiary/aromatic N) is 1. The van der Waals surface area contributed by atoms with Crippen molar-refractivity contribution in [2.24, 2.45) is 0 Å². The summed E-state index contributed by atoms with van der Waals surface area (Å²) in [7, 11) is -1.62. The van der Waals surface area contributed by atoms with Crippen molar-refractivity contribution in [3.05, 3.63) is 12.2 Å². The minimum absolute atomic E-state index is 0.102. The van der Waals surface area contributed by atoms with E-state index in [2.05, 4.69) is 36.8 Å². The molecule has 0 aromatic heterocycles. The van der Waals surface area contributed by atoms with E-state index in [9.17, 15) is 19.2 Å². The van der Waals surface area contributed by atoms with Crippen LogP contribution in [0, 0.1) is 0 Å². The molecule has 0 aromatic carbocycles. The van der Waals surface area contributed by atoms with E-state index in [0.717, 1.165) is 0 Å². The van der Waals surface area contributed by atoms with Crippen LogP contribution < -0.4 is 16.1 Å². The van der Waals surface area contributed by atoms with Crippen molar-refractivity contribution in [1.82, 2.24) is 21.1 Å². The summed E-state index contributed by atoms with van der Waals surface area (Å²) < 4.78 is 9.44. The van der Waals surface area contributed by atoms with Crippen LogP contribution in [0.5, 0.6) is 0 Å². The van der Waals surface area contributed by atoms with Crippen molar-refractivity contribution < 1.29 is 28.1 Å². The van der Waals surface area contributed by atoms with Crippen LogP contribution in [0.15, 0.2) is 12.2 Å². The summed E-state index contributed by atoms with van der Waals surface area (Å²) in [6.07, 6.45) is 7.81. The van der Waals surface area contributed by atoms with E-state index in [1.165, 1.54) is 11.9 Å². The predicted octanol–water partition coefficient (Wildman–Crippen LogP) is 3.53. The molecule has 226 valence electrons. The normalized spacial score (nSPS) is 19.7. The number of hydrogen-bond donors (Lipinski definition) is 3. The first-order valence-corrected chi connectivity index (χ1v) is 16.2. The van der Waals surface area contributed by atoms with Gasteiger partial charge >= 0.3 is 5.97 Å². The van der Waals surface area contributed by atoms with Gasteiger partial charge in [0.2, 0.25) is 15.6 Å². The Labute approximate surface area is 248 Å². The Hall–Kier alpha value is -1.24. The summed E-state index contributed by atoms with van der Waals surface area (Å²) in [5.41, 5.74) is 2.83. The third-order valence-corrected chi connectivity index (χ3v) is 10.4. The molecule has 14 heteroatoms. The van der Waals surface area contributed by atoms with Crippen LogP contribution in [0.2, 0.25) is 0 Å². The summed E-state index contributed by atoms with van der Waals surface area (Å²) in [5.74, 6) is -2.03. The van der Waals surface area contributed by atoms with E-state index in [1.807, 2.05) is 12.5 Å². The molecule has 10 nitrogen and oxygen atoms in total. The maximum absolute atomic E-state index is 13.4. The Kier molecular flexibility index (Phi) is 13.9. The number of esters is 1. The summed E-state index contributed by atoms with van der Waals surface area (Å²) in [6.45, 7) is 11.1. The number of allylic oxidation sites excluding steroid dienone is 1. The van der Waals surface area contributed by atoms with Crippen LogP contribution in [0.4, 0.5) is 0 Å². The van der Waals surface area contributed by atoms with Crippen molar-refractivity contribution in [2.45, 2.75) is 93.6 Å². The average Bonchev–Trinajstić information content (AvgIpc) is 2.82. The second kappa shape index (κ2) is 15.1. The molecule has 1 saturated heterocycles. The molecule has 0 spiro atoms.